The Labute approximate surface area is 123 Å². The highest BCUT2D eigenvalue weighted by Crippen LogP contribution is 2.20. The lowest BCUT2D eigenvalue weighted by atomic mass is 10.1. The normalized spacial score (nSPS) is 10.3. The number of ether oxygens (including phenoxy) is 1. The van der Waals surface area contributed by atoms with E-state index in [0.717, 1.165) is 0 Å². The van der Waals surface area contributed by atoms with Gasteiger partial charge in [0.25, 0.3) is 0 Å². The van der Waals surface area contributed by atoms with Crippen LogP contribution in [-0.2, 0) is 11.2 Å². The molecule has 0 amide bonds. The van der Waals surface area contributed by atoms with Gasteiger partial charge in [-0.1, -0.05) is 28.1 Å². The molecular weight excluding hydrogens is 330 g/mol. The Balaban J connectivity index is 1.90. The lowest BCUT2D eigenvalue weighted by Gasteiger charge is -2.06. The number of benzene rings is 2. The number of ketones is 1. The Bertz CT molecular complexity index is 592. The van der Waals surface area contributed by atoms with Gasteiger partial charge in [-0.3, -0.25) is 4.79 Å². The number of hydrogen-bond acceptors (Lipinski definition) is 2. The van der Waals surface area contributed by atoms with Gasteiger partial charge in [0.2, 0.25) is 0 Å². The van der Waals surface area contributed by atoms with Crippen molar-refractivity contribution >= 4 is 21.7 Å². The summed E-state index contributed by atoms with van der Waals surface area (Å²) in [5.74, 6) is -0.677. The first-order chi connectivity index (χ1) is 9.52. The number of carbonyl (C=O) groups excluding carboxylic acids is 1. The molecule has 2 aromatic rings. The van der Waals surface area contributed by atoms with Gasteiger partial charge in [-0.15, -0.1) is 0 Å². The molecule has 0 atom stereocenters. The predicted molar refractivity (Wildman–Crippen MR) is 74.7 cm³/mol. The minimum atomic E-state index is -0.444. The first kappa shape index (κ1) is 14.7. The molecule has 0 saturated heterocycles. The highest BCUT2D eigenvalue weighted by molar-refractivity contribution is 9.10. The van der Waals surface area contributed by atoms with Crippen molar-refractivity contribution in [2.45, 2.75) is 6.42 Å². The van der Waals surface area contributed by atoms with Crippen LogP contribution >= 0.6 is 15.9 Å². The largest absolute Gasteiger partial charge is 0.486 e. The first-order valence-electron chi connectivity index (χ1n) is 5.88. The SMILES string of the molecule is O=C(COc1cc(F)cc(Br)c1)Cc1ccc(F)cc1. The molecule has 0 aliphatic carbocycles. The zero-order valence-electron chi connectivity index (χ0n) is 10.4. The molecule has 2 rings (SSSR count). The van der Waals surface area contributed by atoms with Crippen molar-refractivity contribution in [3.63, 3.8) is 0 Å². The fourth-order valence-electron chi connectivity index (χ4n) is 1.66. The maximum Gasteiger partial charge on any atom is 0.174 e. The van der Waals surface area contributed by atoms with Crippen molar-refractivity contribution < 1.29 is 18.3 Å². The van der Waals surface area contributed by atoms with Crippen molar-refractivity contribution in [2.75, 3.05) is 6.61 Å². The van der Waals surface area contributed by atoms with Gasteiger partial charge in [-0.2, -0.15) is 0 Å². The van der Waals surface area contributed by atoms with E-state index in [4.69, 9.17) is 4.74 Å². The van der Waals surface area contributed by atoms with E-state index < -0.39 is 5.82 Å². The van der Waals surface area contributed by atoms with Crippen LogP contribution in [0.25, 0.3) is 0 Å². The molecule has 0 N–H and O–H groups in total. The second kappa shape index (κ2) is 6.61. The van der Waals surface area contributed by atoms with Crippen molar-refractivity contribution in [2.24, 2.45) is 0 Å². The molecular formula is C15H11BrF2O2. The van der Waals surface area contributed by atoms with Crippen LogP contribution in [0.5, 0.6) is 5.75 Å². The molecule has 20 heavy (non-hydrogen) atoms. The molecule has 0 fully saturated rings. The maximum atomic E-state index is 13.1. The summed E-state index contributed by atoms with van der Waals surface area (Å²) in [6.45, 7) is -0.159. The molecule has 0 unspecified atom stereocenters. The third-order valence-corrected chi connectivity index (χ3v) is 3.01. The number of carbonyl (C=O) groups is 1. The fraction of sp³-hybridized carbons (Fsp3) is 0.133. The lowest BCUT2D eigenvalue weighted by Crippen LogP contribution is -2.13. The molecule has 0 bridgehead atoms. The van der Waals surface area contributed by atoms with Gasteiger partial charge in [0.05, 0.1) is 0 Å². The van der Waals surface area contributed by atoms with Crippen molar-refractivity contribution in [1.29, 1.82) is 0 Å². The first-order valence-corrected chi connectivity index (χ1v) is 6.67. The average Bonchev–Trinajstić information content (AvgIpc) is 2.38. The molecule has 2 aromatic carbocycles. The van der Waals surface area contributed by atoms with E-state index in [2.05, 4.69) is 15.9 Å². The number of rotatable bonds is 5. The predicted octanol–water partition coefficient (Wildman–Crippen LogP) is 3.92. The zero-order valence-corrected chi connectivity index (χ0v) is 12.0. The van der Waals surface area contributed by atoms with Gasteiger partial charge in [0.1, 0.15) is 24.0 Å². The Morgan fingerprint density at radius 1 is 1.05 bits per heavy atom. The molecule has 0 radical (unpaired) electrons. The Hall–Kier alpha value is -1.75. The van der Waals surface area contributed by atoms with Gasteiger partial charge in [0, 0.05) is 17.0 Å². The second-order valence-corrected chi connectivity index (χ2v) is 5.15. The summed E-state index contributed by atoms with van der Waals surface area (Å²) in [6.07, 6.45) is 0.150. The van der Waals surface area contributed by atoms with E-state index in [9.17, 15) is 13.6 Å². The smallest absolute Gasteiger partial charge is 0.174 e. The van der Waals surface area contributed by atoms with Crippen LogP contribution in [0.15, 0.2) is 46.9 Å². The van der Waals surface area contributed by atoms with Crippen LogP contribution in [0.4, 0.5) is 8.78 Å². The van der Waals surface area contributed by atoms with Crippen molar-refractivity contribution in [3.05, 3.63) is 64.1 Å². The monoisotopic (exact) mass is 340 g/mol. The van der Waals surface area contributed by atoms with Crippen LogP contribution in [0.3, 0.4) is 0 Å². The molecule has 104 valence electrons. The van der Waals surface area contributed by atoms with E-state index in [-0.39, 0.29) is 30.4 Å². The van der Waals surface area contributed by atoms with Gasteiger partial charge in [-0.05, 0) is 29.8 Å². The van der Waals surface area contributed by atoms with Crippen LogP contribution < -0.4 is 4.74 Å². The summed E-state index contributed by atoms with van der Waals surface area (Å²) >= 11 is 3.14. The molecule has 5 heteroatoms. The number of Topliss-reactive ketones (excluding diaryl/α,β-unsaturated/α-hetero) is 1. The Morgan fingerprint density at radius 2 is 1.75 bits per heavy atom. The molecule has 0 aromatic heterocycles. The fourth-order valence-corrected chi connectivity index (χ4v) is 2.10. The van der Waals surface area contributed by atoms with Crippen LogP contribution in [-0.4, -0.2) is 12.4 Å². The standard InChI is InChI=1S/C15H11BrF2O2/c16-11-6-13(18)8-15(7-11)20-9-14(19)5-10-1-3-12(17)4-2-10/h1-4,6-8H,5,9H2. The second-order valence-electron chi connectivity index (χ2n) is 4.24. The highest BCUT2D eigenvalue weighted by atomic mass is 79.9. The van der Waals surface area contributed by atoms with Gasteiger partial charge >= 0.3 is 0 Å². The number of hydrogen-bond donors (Lipinski definition) is 0. The average molecular weight is 341 g/mol. The van der Waals surface area contributed by atoms with Gasteiger partial charge in [-0.25, -0.2) is 8.78 Å². The molecule has 2 nitrogen and oxygen atoms in total. The van der Waals surface area contributed by atoms with Crippen LogP contribution in [0.1, 0.15) is 5.56 Å². The van der Waals surface area contributed by atoms with E-state index in [1.165, 1.54) is 24.3 Å². The molecule has 0 aliphatic heterocycles. The van der Waals surface area contributed by atoms with Gasteiger partial charge < -0.3 is 4.74 Å². The summed E-state index contributed by atoms with van der Waals surface area (Å²) in [4.78, 5) is 11.7. The van der Waals surface area contributed by atoms with E-state index in [0.29, 0.717) is 10.0 Å². The van der Waals surface area contributed by atoms with Gasteiger partial charge in [0.15, 0.2) is 5.78 Å². The summed E-state index contributed by atoms with van der Waals surface area (Å²) in [6, 6.07) is 9.77. The van der Waals surface area contributed by atoms with Crippen LogP contribution in [0, 0.1) is 11.6 Å². The molecule has 0 spiro atoms. The van der Waals surface area contributed by atoms with Crippen LogP contribution in [0.2, 0.25) is 0 Å². The van der Waals surface area contributed by atoms with E-state index in [1.807, 2.05) is 0 Å². The van der Waals surface area contributed by atoms with Crippen molar-refractivity contribution in [1.82, 2.24) is 0 Å². The Morgan fingerprint density at radius 3 is 2.40 bits per heavy atom. The summed E-state index contributed by atoms with van der Waals surface area (Å²) in [5.41, 5.74) is 0.709. The summed E-state index contributed by atoms with van der Waals surface area (Å²) in [7, 11) is 0. The molecule has 0 heterocycles. The minimum Gasteiger partial charge on any atom is -0.486 e. The van der Waals surface area contributed by atoms with Crippen molar-refractivity contribution in [3.8, 4) is 5.75 Å². The third-order valence-electron chi connectivity index (χ3n) is 2.55. The summed E-state index contributed by atoms with van der Waals surface area (Å²) < 4.78 is 31.6. The zero-order chi connectivity index (χ0) is 14.5. The topological polar surface area (TPSA) is 26.3 Å². The maximum absolute atomic E-state index is 13.1. The van der Waals surface area contributed by atoms with E-state index >= 15 is 0 Å². The number of halogens is 3. The third kappa shape index (κ3) is 4.42. The molecule has 0 aliphatic rings. The lowest BCUT2D eigenvalue weighted by molar-refractivity contribution is -0.120. The molecule has 0 saturated carbocycles. The minimum absolute atomic E-state index is 0.150. The van der Waals surface area contributed by atoms with E-state index in [1.54, 1.807) is 18.2 Å². The Kier molecular flexibility index (Phi) is 4.84. The quantitative estimate of drug-likeness (QED) is 0.824. The highest BCUT2D eigenvalue weighted by Gasteiger charge is 2.06. The summed E-state index contributed by atoms with van der Waals surface area (Å²) in [5, 5.41) is 0.